The first-order chi connectivity index (χ1) is 20.2. The van der Waals surface area contributed by atoms with Crippen LogP contribution in [0.1, 0.15) is 39.8 Å². The fraction of sp³-hybridized carbons (Fsp3) is 0.200. The molecule has 7 heteroatoms. The number of hydrogen-bond acceptors (Lipinski definition) is 4. The zero-order valence-corrected chi connectivity index (χ0v) is 23.4. The molecule has 0 N–H and O–H groups in total. The van der Waals surface area contributed by atoms with E-state index in [1.807, 2.05) is 79.7 Å². The summed E-state index contributed by atoms with van der Waals surface area (Å²) in [6.45, 7) is 2.31. The van der Waals surface area contributed by atoms with Gasteiger partial charge in [-0.25, -0.2) is 0 Å². The number of halogens is 3. The second kappa shape index (κ2) is 12.5. The van der Waals surface area contributed by atoms with Crippen LogP contribution in [0.2, 0.25) is 0 Å². The molecule has 0 aliphatic heterocycles. The maximum atomic E-state index is 13.9. The predicted octanol–water partition coefficient (Wildman–Crippen LogP) is 8.50. The molecule has 0 aliphatic rings. The van der Waals surface area contributed by atoms with E-state index in [1.165, 1.54) is 13.2 Å². The molecule has 42 heavy (non-hydrogen) atoms. The Kier molecular flexibility index (Phi) is 8.57. The largest absolute Gasteiger partial charge is 0.489 e. The number of carbonyl (C=O) groups is 1. The van der Waals surface area contributed by atoms with Gasteiger partial charge in [0, 0.05) is 18.0 Å². The van der Waals surface area contributed by atoms with Gasteiger partial charge in [0.2, 0.25) is 0 Å². The van der Waals surface area contributed by atoms with Crippen LogP contribution in [0.3, 0.4) is 0 Å². The van der Waals surface area contributed by atoms with Crippen LogP contribution in [0.25, 0.3) is 22.0 Å². The number of rotatable bonds is 9. The summed E-state index contributed by atoms with van der Waals surface area (Å²) in [6.07, 6.45) is -1.59. The summed E-state index contributed by atoms with van der Waals surface area (Å²) in [6, 6.07) is 27.4. The van der Waals surface area contributed by atoms with E-state index in [-0.39, 0.29) is 11.5 Å². The molecule has 214 valence electrons. The van der Waals surface area contributed by atoms with Crippen molar-refractivity contribution in [1.29, 1.82) is 0 Å². The summed E-state index contributed by atoms with van der Waals surface area (Å²) in [4.78, 5) is 15.8. The molecular weight excluding hydrogens is 539 g/mol. The smallest absolute Gasteiger partial charge is 0.418 e. The number of para-hydroxylation sites is 1. The number of carbonyl (C=O) groups excluding carboxylic acids is 1. The highest BCUT2D eigenvalue weighted by Crippen LogP contribution is 2.39. The molecular formula is C35H30F3NO3. The minimum Gasteiger partial charge on any atom is -0.489 e. The van der Waals surface area contributed by atoms with E-state index in [0.29, 0.717) is 42.6 Å². The molecule has 0 atom stereocenters. The number of alkyl halides is 3. The van der Waals surface area contributed by atoms with Crippen molar-refractivity contribution < 1.29 is 27.4 Å². The van der Waals surface area contributed by atoms with Crippen LogP contribution in [-0.2, 0) is 35.2 Å². The Labute approximate surface area is 242 Å². The third-order valence-corrected chi connectivity index (χ3v) is 7.29. The van der Waals surface area contributed by atoms with Crippen molar-refractivity contribution in [2.24, 2.45) is 0 Å². The first-order valence-electron chi connectivity index (χ1n) is 13.6. The summed E-state index contributed by atoms with van der Waals surface area (Å²) in [7, 11) is 1.37. The van der Waals surface area contributed by atoms with Crippen LogP contribution in [0.4, 0.5) is 13.2 Å². The molecule has 0 saturated carbocycles. The maximum absolute atomic E-state index is 13.9. The van der Waals surface area contributed by atoms with Crippen molar-refractivity contribution in [2.75, 3.05) is 7.11 Å². The molecule has 5 aromatic rings. The standard InChI is InChI=1S/C35H30F3NO3/c1-23-8-3-4-11-26(23)19-28-21-39-34-30(14-7-15-31(34)35(36,37)38)33(28)27-12-6-13-29(20-27)42-22-25-10-5-9-24(18-25)16-17-32(40)41-2/h3-15,18,20-21H,16-17,19,22H2,1-2H3. The molecule has 4 nitrogen and oxygen atoms in total. The van der Waals surface area contributed by atoms with E-state index in [0.717, 1.165) is 39.4 Å². The topological polar surface area (TPSA) is 48.4 Å². The number of fused-ring (bicyclic) bond motifs is 1. The first kappa shape index (κ1) is 28.9. The van der Waals surface area contributed by atoms with E-state index in [9.17, 15) is 18.0 Å². The Morgan fingerprint density at radius 1 is 0.857 bits per heavy atom. The zero-order valence-electron chi connectivity index (χ0n) is 23.4. The number of aryl methyl sites for hydroxylation is 2. The Balaban J connectivity index is 1.50. The van der Waals surface area contributed by atoms with E-state index in [2.05, 4.69) is 4.98 Å². The van der Waals surface area contributed by atoms with E-state index < -0.39 is 11.7 Å². The molecule has 1 heterocycles. The second-order valence-corrected chi connectivity index (χ2v) is 10.2. The van der Waals surface area contributed by atoms with Crippen molar-refractivity contribution in [3.05, 3.63) is 131 Å². The van der Waals surface area contributed by atoms with Crippen molar-refractivity contribution in [1.82, 2.24) is 4.98 Å². The quantitative estimate of drug-likeness (QED) is 0.167. The normalized spacial score (nSPS) is 11.5. The molecule has 0 bridgehead atoms. The number of ether oxygens (including phenoxy) is 2. The third kappa shape index (κ3) is 6.62. The molecule has 0 aliphatic carbocycles. The van der Waals surface area contributed by atoms with Gasteiger partial charge in [0.25, 0.3) is 0 Å². The molecule has 0 spiro atoms. The Morgan fingerprint density at radius 3 is 2.40 bits per heavy atom. The molecule has 4 aromatic carbocycles. The fourth-order valence-corrected chi connectivity index (χ4v) is 5.11. The lowest BCUT2D eigenvalue weighted by Crippen LogP contribution is -2.07. The van der Waals surface area contributed by atoms with Crippen LogP contribution >= 0.6 is 0 Å². The minimum absolute atomic E-state index is 0.0800. The predicted molar refractivity (Wildman–Crippen MR) is 157 cm³/mol. The van der Waals surface area contributed by atoms with Gasteiger partial charge in [-0.15, -0.1) is 0 Å². The highest BCUT2D eigenvalue weighted by molar-refractivity contribution is 5.98. The minimum atomic E-state index is -4.53. The molecule has 0 radical (unpaired) electrons. The van der Waals surface area contributed by atoms with Crippen LogP contribution in [-0.4, -0.2) is 18.1 Å². The molecule has 0 fully saturated rings. The molecule has 5 rings (SSSR count). The molecule has 0 amide bonds. The molecule has 0 saturated heterocycles. The van der Waals surface area contributed by atoms with E-state index in [4.69, 9.17) is 9.47 Å². The number of nitrogens with zero attached hydrogens (tertiary/aromatic N) is 1. The average molecular weight is 570 g/mol. The number of aromatic nitrogens is 1. The first-order valence-corrected chi connectivity index (χ1v) is 13.6. The Bertz CT molecular complexity index is 1730. The van der Waals surface area contributed by atoms with Gasteiger partial charge in [-0.3, -0.25) is 9.78 Å². The second-order valence-electron chi connectivity index (χ2n) is 10.2. The van der Waals surface area contributed by atoms with Crippen molar-refractivity contribution in [2.45, 2.75) is 39.0 Å². The highest BCUT2D eigenvalue weighted by Gasteiger charge is 2.33. The number of benzene rings is 4. The summed E-state index contributed by atoms with van der Waals surface area (Å²) < 4.78 is 52.7. The number of esters is 1. The lowest BCUT2D eigenvalue weighted by Gasteiger charge is -2.17. The van der Waals surface area contributed by atoms with Gasteiger partial charge in [0.15, 0.2) is 0 Å². The maximum Gasteiger partial charge on any atom is 0.418 e. The summed E-state index contributed by atoms with van der Waals surface area (Å²) in [5, 5.41) is 0.436. The summed E-state index contributed by atoms with van der Waals surface area (Å²) in [5.74, 6) is 0.326. The van der Waals surface area contributed by atoms with Crippen molar-refractivity contribution >= 4 is 16.9 Å². The van der Waals surface area contributed by atoms with Crippen molar-refractivity contribution in [3.63, 3.8) is 0 Å². The van der Waals surface area contributed by atoms with Gasteiger partial charge >= 0.3 is 12.1 Å². The number of pyridine rings is 1. The summed E-state index contributed by atoms with van der Waals surface area (Å²) in [5.41, 5.74) is 5.54. The van der Waals surface area contributed by atoms with E-state index in [1.54, 1.807) is 12.3 Å². The van der Waals surface area contributed by atoms with Crippen LogP contribution < -0.4 is 4.74 Å². The van der Waals surface area contributed by atoms with Crippen LogP contribution in [0.15, 0.2) is 97.2 Å². The molecule has 1 aromatic heterocycles. The number of hydrogen-bond donors (Lipinski definition) is 0. The lowest BCUT2D eigenvalue weighted by atomic mass is 9.91. The van der Waals surface area contributed by atoms with Crippen molar-refractivity contribution in [3.8, 4) is 16.9 Å². The van der Waals surface area contributed by atoms with Crippen LogP contribution in [0, 0.1) is 6.92 Å². The van der Waals surface area contributed by atoms with Gasteiger partial charge in [-0.2, -0.15) is 13.2 Å². The molecule has 0 unspecified atom stereocenters. The SMILES string of the molecule is COC(=O)CCc1cccc(COc2cccc(-c3c(Cc4ccccc4C)cnc4c(C(F)(F)F)cccc34)c2)c1. The fourth-order valence-electron chi connectivity index (χ4n) is 5.11. The monoisotopic (exact) mass is 569 g/mol. The highest BCUT2D eigenvalue weighted by atomic mass is 19.4. The van der Waals surface area contributed by atoms with Gasteiger partial charge in [0.1, 0.15) is 12.4 Å². The van der Waals surface area contributed by atoms with Gasteiger partial charge in [-0.05, 0) is 76.9 Å². The van der Waals surface area contributed by atoms with E-state index >= 15 is 0 Å². The number of methoxy groups -OCH3 is 1. The van der Waals surface area contributed by atoms with Gasteiger partial charge < -0.3 is 9.47 Å². The summed E-state index contributed by atoms with van der Waals surface area (Å²) >= 11 is 0. The van der Waals surface area contributed by atoms with Gasteiger partial charge in [0.05, 0.1) is 18.2 Å². The Morgan fingerprint density at radius 2 is 1.62 bits per heavy atom. The Hall–Kier alpha value is -4.65. The zero-order chi connectivity index (χ0) is 29.7. The average Bonchev–Trinajstić information content (AvgIpc) is 2.99. The lowest BCUT2D eigenvalue weighted by molar-refractivity contribution is -0.140. The van der Waals surface area contributed by atoms with Crippen LogP contribution in [0.5, 0.6) is 5.75 Å². The van der Waals surface area contributed by atoms with Gasteiger partial charge in [-0.1, -0.05) is 72.8 Å². The third-order valence-electron chi connectivity index (χ3n) is 7.29.